The lowest BCUT2D eigenvalue weighted by molar-refractivity contribution is 0.0955. The second kappa shape index (κ2) is 9.08. The number of hydrogen-bond donors (Lipinski definition) is 1. The number of rotatable bonds is 7. The van der Waals surface area contributed by atoms with Gasteiger partial charge in [0.2, 0.25) is 0 Å². The van der Waals surface area contributed by atoms with Gasteiger partial charge in [-0.1, -0.05) is 22.0 Å². The topological polar surface area (TPSA) is 59.9 Å². The Morgan fingerprint density at radius 2 is 1.88 bits per heavy atom. The molecule has 126 valence electrons. The molecule has 0 heterocycles. The lowest BCUT2D eigenvalue weighted by atomic mass is 10.2. The molecule has 0 aliphatic rings. The molecule has 24 heavy (non-hydrogen) atoms. The molecule has 0 radical (unpaired) electrons. The van der Waals surface area contributed by atoms with Crippen LogP contribution in [-0.2, 0) is 0 Å². The van der Waals surface area contributed by atoms with Crippen molar-refractivity contribution in [2.75, 3.05) is 13.2 Å². The summed E-state index contributed by atoms with van der Waals surface area (Å²) in [4.78, 5) is 12.0. The third-order valence-corrected chi connectivity index (χ3v) is 3.53. The maximum atomic E-state index is 12.0. The zero-order valence-electron chi connectivity index (χ0n) is 13.6. The highest BCUT2D eigenvalue weighted by molar-refractivity contribution is 9.10. The van der Waals surface area contributed by atoms with Gasteiger partial charge in [0.25, 0.3) is 5.91 Å². The molecule has 0 spiro atoms. The molecule has 0 aliphatic carbocycles. The van der Waals surface area contributed by atoms with E-state index in [1.165, 1.54) is 0 Å². The molecule has 0 atom stereocenters. The van der Waals surface area contributed by atoms with Crippen molar-refractivity contribution in [3.05, 3.63) is 58.1 Å². The van der Waals surface area contributed by atoms with Crippen LogP contribution in [0.5, 0.6) is 11.5 Å². The number of halogens is 1. The fraction of sp³-hybridized carbons (Fsp3) is 0.222. The highest BCUT2D eigenvalue weighted by atomic mass is 79.9. The minimum Gasteiger partial charge on any atom is -0.490 e. The first-order chi connectivity index (χ1) is 11.6. The van der Waals surface area contributed by atoms with Gasteiger partial charge in [-0.25, -0.2) is 5.43 Å². The third kappa shape index (κ3) is 5.09. The number of carbonyl (C=O) groups is 1. The number of carbonyl (C=O) groups excluding carboxylic acids is 1. The highest BCUT2D eigenvalue weighted by Crippen LogP contribution is 2.27. The van der Waals surface area contributed by atoms with Crippen molar-refractivity contribution in [1.82, 2.24) is 5.43 Å². The fourth-order valence-electron chi connectivity index (χ4n) is 2.01. The summed E-state index contributed by atoms with van der Waals surface area (Å²) < 4.78 is 11.9. The summed E-state index contributed by atoms with van der Waals surface area (Å²) in [5.74, 6) is 1.07. The van der Waals surface area contributed by atoms with Crippen molar-refractivity contribution >= 4 is 28.1 Å². The summed E-state index contributed by atoms with van der Waals surface area (Å²) in [5.41, 5.74) is 3.84. The summed E-state index contributed by atoms with van der Waals surface area (Å²) in [7, 11) is 0. The van der Waals surface area contributed by atoms with Crippen molar-refractivity contribution in [3.8, 4) is 11.5 Å². The maximum absolute atomic E-state index is 12.0. The van der Waals surface area contributed by atoms with Gasteiger partial charge in [-0.3, -0.25) is 4.79 Å². The van der Waals surface area contributed by atoms with Crippen molar-refractivity contribution in [2.24, 2.45) is 5.10 Å². The third-order valence-electron chi connectivity index (χ3n) is 3.03. The zero-order chi connectivity index (χ0) is 17.4. The first-order valence-corrected chi connectivity index (χ1v) is 8.42. The Morgan fingerprint density at radius 1 is 1.12 bits per heavy atom. The van der Waals surface area contributed by atoms with Crippen LogP contribution >= 0.6 is 15.9 Å². The Kier molecular flexibility index (Phi) is 6.81. The van der Waals surface area contributed by atoms with Crippen LogP contribution in [0.15, 0.2) is 52.0 Å². The first-order valence-electron chi connectivity index (χ1n) is 7.62. The Balaban J connectivity index is 2.05. The maximum Gasteiger partial charge on any atom is 0.271 e. The van der Waals surface area contributed by atoms with Crippen LogP contribution < -0.4 is 14.9 Å². The van der Waals surface area contributed by atoms with Gasteiger partial charge in [-0.15, -0.1) is 0 Å². The predicted molar refractivity (Wildman–Crippen MR) is 98.0 cm³/mol. The smallest absolute Gasteiger partial charge is 0.271 e. The second-order valence-electron chi connectivity index (χ2n) is 4.78. The predicted octanol–water partition coefficient (Wildman–Crippen LogP) is 4.01. The van der Waals surface area contributed by atoms with Gasteiger partial charge in [0.1, 0.15) is 0 Å². The van der Waals surface area contributed by atoms with Crippen molar-refractivity contribution in [2.45, 2.75) is 13.8 Å². The van der Waals surface area contributed by atoms with E-state index in [9.17, 15) is 4.79 Å². The van der Waals surface area contributed by atoms with Gasteiger partial charge >= 0.3 is 0 Å². The highest BCUT2D eigenvalue weighted by Gasteiger charge is 2.06. The summed E-state index contributed by atoms with van der Waals surface area (Å²) in [6, 6.07) is 12.6. The van der Waals surface area contributed by atoms with E-state index in [1.54, 1.807) is 24.4 Å². The molecule has 0 aliphatic heterocycles. The lowest BCUT2D eigenvalue weighted by Crippen LogP contribution is -2.17. The quantitative estimate of drug-likeness (QED) is 0.573. The fourth-order valence-corrected chi connectivity index (χ4v) is 2.41. The van der Waals surface area contributed by atoms with Gasteiger partial charge in [0.05, 0.1) is 19.4 Å². The van der Waals surface area contributed by atoms with E-state index in [-0.39, 0.29) is 5.91 Å². The van der Waals surface area contributed by atoms with Gasteiger partial charge in [0.15, 0.2) is 11.5 Å². The molecule has 0 aromatic heterocycles. The van der Waals surface area contributed by atoms with Gasteiger partial charge in [-0.05, 0) is 55.8 Å². The van der Waals surface area contributed by atoms with Gasteiger partial charge in [0, 0.05) is 10.0 Å². The average molecular weight is 391 g/mol. The molecule has 0 unspecified atom stereocenters. The van der Waals surface area contributed by atoms with Crippen molar-refractivity contribution in [3.63, 3.8) is 0 Å². The number of hydrazone groups is 1. The van der Waals surface area contributed by atoms with Gasteiger partial charge < -0.3 is 9.47 Å². The lowest BCUT2D eigenvalue weighted by Gasteiger charge is -2.11. The van der Waals surface area contributed by atoms with E-state index in [1.807, 2.05) is 38.1 Å². The van der Waals surface area contributed by atoms with Crippen LogP contribution in [0.2, 0.25) is 0 Å². The minimum atomic E-state index is -0.275. The van der Waals surface area contributed by atoms with Crippen LogP contribution in [0.1, 0.15) is 29.8 Å². The largest absolute Gasteiger partial charge is 0.490 e. The molecule has 0 bridgehead atoms. The normalized spacial score (nSPS) is 10.6. The number of amides is 1. The number of nitrogens with one attached hydrogen (secondary N) is 1. The molecule has 0 fully saturated rings. The molecule has 5 nitrogen and oxygen atoms in total. The van der Waals surface area contributed by atoms with E-state index in [4.69, 9.17) is 9.47 Å². The van der Waals surface area contributed by atoms with Crippen molar-refractivity contribution < 1.29 is 14.3 Å². The van der Waals surface area contributed by atoms with Crippen molar-refractivity contribution in [1.29, 1.82) is 0 Å². The van der Waals surface area contributed by atoms with Crippen LogP contribution in [0.4, 0.5) is 0 Å². The SMILES string of the molecule is CCOc1ccc(/C=N/NC(=O)c2cccc(Br)c2)cc1OCC. The molecule has 0 saturated heterocycles. The number of benzene rings is 2. The second-order valence-corrected chi connectivity index (χ2v) is 5.70. The monoisotopic (exact) mass is 390 g/mol. The van der Waals surface area contributed by atoms with E-state index < -0.39 is 0 Å². The summed E-state index contributed by atoms with van der Waals surface area (Å²) in [6.45, 7) is 4.94. The van der Waals surface area contributed by atoms with Crippen LogP contribution in [-0.4, -0.2) is 25.3 Å². The van der Waals surface area contributed by atoms with Crippen LogP contribution in [0.3, 0.4) is 0 Å². The Hall–Kier alpha value is -2.34. The standard InChI is InChI=1S/C18H19BrN2O3/c1-3-23-16-9-8-13(10-17(16)24-4-2)12-20-21-18(22)14-6-5-7-15(19)11-14/h5-12H,3-4H2,1-2H3,(H,21,22)/b20-12+. The van der Waals surface area contributed by atoms with E-state index in [0.29, 0.717) is 30.3 Å². The summed E-state index contributed by atoms with van der Waals surface area (Å²) in [6.07, 6.45) is 1.56. The zero-order valence-corrected chi connectivity index (χ0v) is 15.2. The number of hydrogen-bond acceptors (Lipinski definition) is 4. The Labute approximate surface area is 149 Å². The molecule has 1 amide bonds. The van der Waals surface area contributed by atoms with E-state index in [2.05, 4.69) is 26.5 Å². The molecular formula is C18H19BrN2O3. The molecular weight excluding hydrogens is 372 g/mol. The summed E-state index contributed by atoms with van der Waals surface area (Å²) >= 11 is 3.33. The number of nitrogens with zero attached hydrogens (tertiary/aromatic N) is 1. The van der Waals surface area contributed by atoms with Gasteiger partial charge in [-0.2, -0.15) is 5.10 Å². The molecule has 6 heteroatoms. The van der Waals surface area contributed by atoms with E-state index >= 15 is 0 Å². The molecule has 0 saturated carbocycles. The molecule has 2 aromatic rings. The number of ether oxygens (including phenoxy) is 2. The van der Waals surface area contributed by atoms with Crippen LogP contribution in [0, 0.1) is 0 Å². The molecule has 2 rings (SSSR count). The van der Waals surface area contributed by atoms with E-state index in [0.717, 1.165) is 10.0 Å². The Morgan fingerprint density at radius 3 is 2.58 bits per heavy atom. The average Bonchev–Trinajstić information content (AvgIpc) is 2.57. The van der Waals surface area contributed by atoms with Crippen LogP contribution in [0.25, 0.3) is 0 Å². The summed E-state index contributed by atoms with van der Waals surface area (Å²) in [5, 5.41) is 3.99. The first kappa shape index (κ1) is 18.0. The minimum absolute atomic E-state index is 0.275. The molecule has 1 N–H and O–H groups in total. The Bertz CT molecular complexity index is 732. The molecule has 2 aromatic carbocycles.